The summed E-state index contributed by atoms with van der Waals surface area (Å²) in [6.45, 7) is 4.95. The van der Waals surface area contributed by atoms with E-state index in [1.807, 2.05) is 0 Å². The highest BCUT2D eigenvalue weighted by Crippen LogP contribution is 2.35. The maximum atomic E-state index is 9.75. The first-order chi connectivity index (χ1) is 13.7. The Morgan fingerprint density at radius 3 is 2.34 bits per heavy atom. The molecule has 1 N–H and O–H groups in total. The molecular weight excluding hydrogens is 385 g/mol. The van der Waals surface area contributed by atoms with Gasteiger partial charge in [0.05, 0.1) is 0 Å². The Hall–Kier alpha value is -2.68. The lowest BCUT2D eigenvalue weighted by Crippen LogP contribution is -2.51. The lowest BCUT2D eigenvalue weighted by molar-refractivity contribution is -0.791. The van der Waals surface area contributed by atoms with Crippen LogP contribution in [0.15, 0.2) is 48.8 Å². The Bertz CT molecular complexity index is 1020. The maximum Gasteiger partial charge on any atom is 0.673 e. The molecule has 0 spiro atoms. The Morgan fingerprint density at radius 2 is 1.66 bits per heavy atom. The normalized spacial score (nSPS) is 19.7. The minimum Gasteiger partial charge on any atom is -0.418 e. The highest BCUT2D eigenvalue weighted by Gasteiger charge is 2.48. The summed E-state index contributed by atoms with van der Waals surface area (Å²) in [4.78, 5) is 0. The largest absolute Gasteiger partial charge is 0.673 e. The van der Waals surface area contributed by atoms with Gasteiger partial charge in [0, 0.05) is 23.1 Å². The average molecular weight is 406 g/mol. The number of nitrogens with zero attached hydrogens (tertiary/aromatic N) is 2. The SMILES string of the molecule is Cc1cccc(C)c1-[n+]1c[n+]2c([nH]1)CO[C@H]1Cc3ccccc3C12.F[B-](F)(F)F. The summed E-state index contributed by atoms with van der Waals surface area (Å²) < 4.78 is 49.7. The molecule has 0 fully saturated rings. The number of aryl methyl sites for hydroxylation is 2. The van der Waals surface area contributed by atoms with Crippen molar-refractivity contribution in [2.24, 2.45) is 0 Å². The fourth-order valence-electron chi connectivity index (χ4n) is 4.27. The van der Waals surface area contributed by atoms with Crippen molar-refractivity contribution >= 4 is 7.25 Å². The molecule has 0 amide bonds. The number of rotatable bonds is 1. The average Bonchev–Trinajstić information content (AvgIpc) is 3.20. The van der Waals surface area contributed by atoms with Gasteiger partial charge in [0.15, 0.2) is 6.61 Å². The fourth-order valence-corrected chi connectivity index (χ4v) is 4.27. The van der Waals surface area contributed by atoms with Crippen molar-refractivity contribution in [1.82, 2.24) is 5.10 Å². The van der Waals surface area contributed by atoms with E-state index in [9.17, 15) is 17.3 Å². The van der Waals surface area contributed by atoms with Crippen LogP contribution >= 0.6 is 0 Å². The number of nitrogens with one attached hydrogen (secondary N) is 1. The molecule has 4 nitrogen and oxygen atoms in total. The van der Waals surface area contributed by atoms with Crippen molar-refractivity contribution in [2.45, 2.75) is 39.0 Å². The van der Waals surface area contributed by atoms with Gasteiger partial charge in [0.2, 0.25) is 11.7 Å². The van der Waals surface area contributed by atoms with Crippen molar-refractivity contribution in [3.63, 3.8) is 0 Å². The molecule has 0 bridgehead atoms. The van der Waals surface area contributed by atoms with E-state index < -0.39 is 7.25 Å². The van der Waals surface area contributed by atoms with E-state index in [0.29, 0.717) is 6.61 Å². The second kappa shape index (κ2) is 7.29. The van der Waals surface area contributed by atoms with Crippen LogP contribution in [0.4, 0.5) is 17.3 Å². The van der Waals surface area contributed by atoms with Crippen molar-refractivity contribution in [2.75, 3.05) is 0 Å². The van der Waals surface area contributed by atoms with Crippen molar-refractivity contribution in [3.8, 4) is 5.69 Å². The van der Waals surface area contributed by atoms with Gasteiger partial charge in [-0.05, 0) is 24.1 Å². The van der Waals surface area contributed by atoms with Crippen LogP contribution < -0.4 is 9.25 Å². The monoisotopic (exact) mass is 406 g/mol. The number of hydrogen-bond acceptors (Lipinski definition) is 1. The first-order valence-corrected chi connectivity index (χ1v) is 9.40. The van der Waals surface area contributed by atoms with E-state index in [1.165, 1.54) is 27.9 Å². The molecule has 0 saturated carbocycles. The van der Waals surface area contributed by atoms with Gasteiger partial charge in [-0.1, -0.05) is 47.6 Å². The molecule has 0 saturated heterocycles. The summed E-state index contributed by atoms with van der Waals surface area (Å²) in [6, 6.07) is 15.4. The molecule has 2 heterocycles. The second-order valence-electron chi connectivity index (χ2n) is 7.38. The van der Waals surface area contributed by atoms with Crippen LogP contribution in [0.5, 0.6) is 0 Å². The van der Waals surface area contributed by atoms with Gasteiger partial charge < -0.3 is 22.0 Å². The number of H-pyrrole nitrogens is 1. The van der Waals surface area contributed by atoms with E-state index in [1.54, 1.807) is 0 Å². The third kappa shape index (κ3) is 3.91. The van der Waals surface area contributed by atoms with Crippen LogP contribution in [0.2, 0.25) is 0 Å². The molecule has 2 atom stereocenters. The Balaban J connectivity index is 0.000000369. The van der Waals surface area contributed by atoms with Gasteiger partial charge in [-0.3, -0.25) is 0 Å². The molecule has 1 aliphatic heterocycles. The molecule has 3 aromatic rings. The van der Waals surface area contributed by atoms with Gasteiger partial charge in [-0.15, -0.1) is 4.57 Å². The molecule has 0 radical (unpaired) electrons. The van der Waals surface area contributed by atoms with Gasteiger partial charge in [0.25, 0.3) is 0 Å². The minimum absolute atomic E-state index is 0.238. The summed E-state index contributed by atoms with van der Waals surface area (Å²) in [5.41, 5.74) is 6.56. The minimum atomic E-state index is -6.00. The van der Waals surface area contributed by atoms with Gasteiger partial charge >= 0.3 is 19.4 Å². The van der Waals surface area contributed by atoms with Crippen LogP contribution in [-0.4, -0.2) is 18.5 Å². The van der Waals surface area contributed by atoms with Crippen LogP contribution in [-0.2, 0) is 17.8 Å². The zero-order valence-electron chi connectivity index (χ0n) is 16.1. The van der Waals surface area contributed by atoms with E-state index in [0.717, 1.165) is 12.2 Å². The van der Waals surface area contributed by atoms with E-state index in [4.69, 9.17) is 4.74 Å². The van der Waals surface area contributed by atoms with Gasteiger partial charge in [-0.25, -0.2) is 0 Å². The molecule has 1 aliphatic carbocycles. The number of hydrogen-bond donors (Lipinski definition) is 1. The summed E-state index contributed by atoms with van der Waals surface area (Å²) in [7, 11) is -6.00. The number of halogens is 4. The van der Waals surface area contributed by atoms with Crippen LogP contribution in [0.25, 0.3) is 5.69 Å². The molecule has 2 aliphatic rings. The lowest BCUT2D eigenvalue weighted by atomic mass is 10.1. The summed E-state index contributed by atoms with van der Waals surface area (Å²) in [5.74, 6) is 1.12. The molecule has 29 heavy (non-hydrogen) atoms. The first kappa shape index (κ1) is 19.6. The molecule has 1 aromatic heterocycles. The molecule has 1 unspecified atom stereocenters. The van der Waals surface area contributed by atoms with Gasteiger partial charge in [0.1, 0.15) is 6.10 Å². The van der Waals surface area contributed by atoms with Crippen LogP contribution in [0.3, 0.4) is 0 Å². The highest BCUT2D eigenvalue weighted by atomic mass is 19.5. The molecular formula is C20H21BF4N3O+. The van der Waals surface area contributed by atoms with Crippen LogP contribution in [0.1, 0.15) is 34.1 Å². The van der Waals surface area contributed by atoms with E-state index in [-0.39, 0.29) is 12.1 Å². The topological polar surface area (TPSA) is 32.8 Å². The van der Waals surface area contributed by atoms with Crippen molar-refractivity contribution in [3.05, 3.63) is 76.9 Å². The summed E-state index contributed by atoms with van der Waals surface area (Å²) >= 11 is 0. The first-order valence-electron chi connectivity index (χ1n) is 9.40. The number of para-hydroxylation sites is 1. The fraction of sp³-hybridized carbons (Fsp3) is 0.300. The predicted octanol–water partition coefficient (Wildman–Crippen LogP) is 3.54. The molecule has 152 valence electrons. The summed E-state index contributed by atoms with van der Waals surface area (Å²) in [6.07, 6.45) is 3.44. The molecule has 2 aromatic carbocycles. The zero-order valence-corrected chi connectivity index (χ0v) is 16.1. The predicted molar refractivity (Wildman–Crippen MR) is 99.0 cm³/mol. The van der Waals surface area contributed by atoms with Crippen molar-refractivity contribution in [1.29, 1.82) is 0 Å². The van der Waals surface area contributed by atoms with Crippen LogP contribution in [0, 0.1) is 13.8 Å². The van der Waals surface area contributed by atoms with E-state index in [2.05, 4.69) is 77.0 Å². The van der Waals surface area contributed by atoms with Gasteiger partial charge in [-0.2, -0.15) is 0 Å². The Morgan fingerprint density at radius 1 is 1.00 bits per heavy atom. The smallest absolute Gasteiger partial charge is 0.418 e. The Labute approximate surface area is 165 Å². The summed E-state index contributed by atoms with van der Waals surface area (Å²) in [5, 5.41) is 3.53. The number of aromatic amines is 1. The quantitative estimate of drug-likeness (QED) is 0.375. The molecule has 9 heteroatoms. The van der Waals surface area contributed by atoms with E-state index >= 15 is 0 Å². The lowest BCUT2D eigenvalue weighted by Gasteiger charge is -2.18. The molecule has 5 rings (SSSR count). The second-order valence-corrected chi connectivity index (χ2v) is 7.38. The number of fused-ring (bicyclic) bond motifs is 5. The maximum absolute atomic E-state index is 9.75. The zero-order chi connectivity index (χ0) is 20.8. The van der Waals surface area contributed by atoms with Crippen molar-refractivity contribution < 1.29 is 31.2 Å². The number of ether oxygens (including phenoxy) is 1. The number of aromatic nitrogens is 3. The Kier molecular flexibility index (Phi) is 4.94. The number of benzene rings is 2. The third-order valence-electron chi connectivity index (χ3n) is 5.36. The highest BCUT2D eigenvalue weighted by molar-refractivity contribution is 6.50. The third-order valence-corrected chi connectivity index (χ3v) is 5.36. The standard InChI is InChI=1S/C20H20N3O.BF4/c1-13-6-5-7-14(2)19(13)23-12-22-18(21-23)11-24-17-10-15-8-3-4-9-16(15)20(17)22;2-1(3,4)5/h3-9,12,17,20H,10-11H2,1-2H3;/q+1;-1/p+1/t17-,20?;/m0./s1.